The number of amides is 2. The average molecular weight is 754 g/mol. The van der Waals surface area contributed by atoms with Gasteiger partial charge in [-0.15, -0.1) is 18.2 Å². The Morgan fingerprint density at radius 3 is 2.57 bits per heavy atom. The third-order valence-corrected chi connectivity index (χ3v) is 10.5. The van der Waals surface area contributed by atoms with Gasteiger partial charge in [0.2, 0.25) is 5.79 Å². The number of halogens is 1. The zero-order valence-corrected chi connectivity index (χ0v) is 31.3. The summed E-state index contributed by atoms with van der Waals surface area (Å²) in [7, 11) is 3.14. The van der Waals surface area contributed by atoms with Gasteiger partial charge in [-0.3, -0.25) is 0 Å². The highest BCUT2D eigenvalue weighted by Gasteiger charge is 2.65. The quantitative estimate of drug-likeness (QED) is 0.0668. The van der Waals surface area contributed by atoms with Crippen molar-refractivity contribution in [2.45, 2.75) is 69.2 Å². The first-order valence-corrected chi connectivity index (χ1v) is 18.9. The summed E-state index contributed by atoms with van der Waals surface area (Å²) in [5.74, 6) is -1.09. The van der Waals surface area contributed by atoms with Crippen LogP contribution in [0.15, 0.2) is 78.0 Å². The van der Waals surface area contributed by atoms with Gasteiger partial charge < -0.3 is 44.2 Å². The van der Waals surface area contributed by atoms with Crippen LogP contribution >= 0.6 is 11.6 Å². The number of hydrogen-bond donors (Lipinski definition) is 3. The molecule has 0 bridgehead atoms. The first-order chi connectivity index (χ1) is 25.8. The molecule has 2 aromatic carbocycles. The number of likely N-dealkylation sites (N-methyl/N-ethyl adjacent to an activating group) is 1. The van der Waals surface area contributed by atoms with Crippen molar-refractivity contribution in [3.63, 3.8) is 0 Å². The van der Waals surface area contributed by atoms with Crippen LogP contribution in [0.3, 0.4) is 0 Å². The second kappa shape index (κ2) is 19.3. The maximum atomic E-state index is 13.5. The van der Waals surface area contributed by atoms with Gasteiger partial charge in [0.05, 0.1) is 24.1 Å². The molecule has 1 fully saturated rings. The van der Waals surface area contributed by atoms with Crippen molar-refractivity contribution in [2.24, 2.45) is 22.9 Å². The highest BCUT2D eigenvalue weighted by Crippen LogP contribution is 2.61. The minimum atomic E-state index is -1.42. The summed E-state index contributed by atoms with van der Waals surface area (Å²) in [6.45, 7) is 4.55. The number of carbonyl (C=O) groups excluding carboxylic acids is 2. The lowest BCUT2D eigenvalue weighted by atomic mass is 9.55. The molecule has 3 aliphatic rings. The van der Waals surface area contributed by atoms with Crippen LogP contribution in [0.1, 0.15) is 62.0 Å². The Bertz CT molecular complexity index is 1600. The zero-order valence-electron chi connectivity index (χ0n) is 30.6. The summed E-state index contributed by atoms with van der Waals surface area (Å²) in [5, 5.41) is 26.8. The summed E-state index contributed by atoms with van der Waals surface area (Å²) in [4.78, 5) is 33.5. The van der Waals surface area contributed by atoms with Crippen LogP contribution in [0.25, 0.3) is 0 Å². The monoisotopic (exact) mass is 753 g/mol. The Hall–Kier alpha value is -4.10. The SMILES string of the molecule is C=CCO[C@@]12Oc3ccc(OC(=O)NCc4ccccc4)cc3[C@H]3[C@H](CCCCO)[C@@H](CCCCO)C=C(C(=NOC)C[C@@H]1N(C)C(=O)OCCCl)[C@H]32. The number of ether oxygens (including phenoxy) is 4. The highest BCUT2D eigenvalue weighted by molar-refractivity contribution is 6.18. The molecule has 0 spiro atoms. The largest absolute Gasteiger partial charge is 0.459 e. The van der Waals surface area contributed by atoms with E-state index in [2.05, 4.69) is 23.1 Å². The van der Waals surface area contributed by atoms with E-state index in [1.54, 1.807) is 25.3 Å². The summed E-state index contributed by atoms with van der Waals surface area (Å²) >= 11 is 5.88. The van der Waals surface area contributed by atoms with E-state index in [4.69, 9.17) is 35.4 Å². The van der Waals surface area contributed by atoms with Crippen molar-refractivity contribution in [1.29, 1.82) is 0 Å². The van der Waals surface area contributed by atoms with E-state index in [0.717, 1.165) is 42.4 Å². The molecule has 12 nitrogen and oxygen atoms in total. The third-order valence-electron chi connectivity index (χ3n) is 10.4. The van der Waals surface area contributed by atoms with Crippen molar-refractivity contribution < 1.29 is 43.6 Å². The molecule has 53 heavy (non-hydrogen) atoms. The molecule has 0 unspecified atom stereocenters. The highest BCUT2D eigenvalue weighted by atomic mass is 35.5. The molecular weight excluding hydrogens is 702 g/mol. The van der Waals surface area contributed by atoms with Crippen LogP contribution in [0, 0.1) is 17.8 Å². The number of benzene rings is 2. The number of aliphatic hydroxyl groups is 2. The number of aliphatic hydroxyl groups excluding tert-OH is 2. The predicted octanol–water partition coefficient (Wildman–Crippen LogP) is 6.55. The molecule has 0 aromatic heterocycles. The number of alkyl halides is 1. The van der Waals surface area contributed by atoms with E-state index in [-0.39, 0.29) is 56.5 Å². The minimum absolute atomic E-state index is 0.0153. The standard InChI is InChI=1S/C40H52ClN3O9/c1-4-21-51-40-35(44(2)39(48)50-22-18-41)25-33(43-49-3)31-23-28(14-8-10-19-45)30(15-9-11-20-46)36(37(31)40)32-24-29(16-17-34(32)53-40)52-38(47)42-26-27-12-6-5-7-13-27/h4-7,12-13,16-17,23-24,28,30,35-37,45-46H,1,8-11,14-15,18-22,25-26H2,2-3H3,(H,42,47)/t28-,30+,35-,36+,37+,40+/m0/s1. The molecule has 2 amide bonds. The van der Waals surface area contributed by atoms with Gasteiger partial charge in [0, 0.05) is 44.7 Å². The van der Waals surface area contributed by atoms with E-state index in [1.165, 1.54) is 12.0 Å². The topological polar surface area (TPSA) is 148 Å². The molecule has 2 aliphatic carbocycles. The zero-order chi connectivity index (χ0) is 37.8. The molecule has 0 saturated heterocycles. The van der Waals surface area contributed by atoms with Crippen molar-refractivity contribution >= 4 is 29.5 Å². The molecule has 1 saturated carbocycles. The lowest BCUT2D eigenvalue weighted by molar-refractivity contribution is -0.253. The Morgan fingerprint density at radius 2 is 1.87 bits per heavy atom. The summed E-state index contributed by atoms with van der Waals surface area (Å²) < 4.78 is 25.2. The van der Waals surface area contributed by atoms with Gasteiger partial charge in [0.15, 0.2) is 0 Å². The van der Waals surface area contributed by atoms with E-state index in [0.29, 0.717) is 36.6 Å². The molecule has 3 N–H and O–H groups in total. The molecule has 1 aliphatic heterocycles. The van der Waals surface area contributed by atoms with Crippen molar-refractivity contribution in [3.05, 3.63) is 84.0 Å². The van der Waals surface area contributed by atoms with Gasteiger partial charge in [-0.05, 0) is 66.9 Å². The first-order valence-electron chi connectivity index (χ1n) is 18.4. The van der Waals surface area contributed by atoms with Crippen molar-refractivity contribution in [2.75, 3.05) is 46.5 Å². The third kappa shape index (κ3) is 9.17. The van der Waals surface area contributed by atoms with Crippen LogP contribution in [0.5, 0.6) is 11.5 Å². The summed E-state index contributed by atoms with van der Waals surface area (Å²) in [6, 6.07) is 14.2. The van der Waals surface area contributed by atoms with E-state index in [1.807, 2.05) is 36.4 Å². The normalized spacial score (nSPS) is 24.9. The summed E-state index contributed by atoms with van der Waals surface area (Å²) in [5.41, 5.74) is 3.32. The van der Waals surface area contributed by atoms with Crippen LogP contribution in [0.2, 0.25) is 0 Å². The number of allylic oxidation sites excluding steroid dienone is 1. The van der Waals surface area contributed by atoms with Crippen LogP contribution in [0.4, 0.5) is 9.59 Å². The van der Waals surface area contributed by atoms with Crippen LogP contribution < -0.4 is 14.8 Å². The average Bonchev–Trinajstić information content (AvgIpc) is 3.17. The Balaban J connectivity index is 1.65. The fourth-order valence-corrected chi connectivity index (χ4v) is 8.25. The molecule has 288 valence electrons. The van der Waals surface area contributed by atoms with Gasteiger partial charge in [-0.25, -0.2) is 9.59 Å². The number of rotatable bonds is 18. The molecule has 2 aromatic rings. The second-order valence-corrected chi connectivity index (χ2v) is 14.0. The molecule has 1 heterocycles. The fraction of sp³-hybridized carbons (Fsp3) is 0.525. The lowest BCUT2D eigenvalue weighted by Crippen LogP contribution is -2.69. The van der Waals surface area contributed by atoms with Gasteiger partial charge >= 0.3 is 12.2 Å². The van der Waals surface area contributed by atoms with Crippen molar-refractivity contribution in [3.8, 4) is 11.5 Å². The summed E-state index contributed by atoms with van der Waals surface area (Å²) in [6.07, 6.45) is 7.40. The fourth-order valence-electron chi connectivity index (χ4n) is 8.17. The number of nitrogens with one attached hydrogen (secondary N) is 1. The second-order valence-electron chi connectivity index (χ2n) is 13.6. The predicted molar refractivity (Wildman–Crippen MR) is 201 cm³/mol. The number of nitrogens with zero attached hydrogens (tertiary/aromatic N) is 2. The van der Waals surface area contributed by atoms with Gasteiger partial charge in [-0.1, -0.05) is 60.5 Å². The number of hydrogen-bond acceptors (Lipinski definition) is 10. The maximum absolute atomic E-state index is 13.5. The number of oxime groups is 1. The van der Waals surface area contributed by atoms with Gasteiger partial charge in [-0.2, -0.15) is 0 Å². The number of unbranched alkanes of at least 4 members (excludes halogenated alkanes) is 2. The van der Waals surface area contributed by atoms with E-state index in [9.17, 15) is 19.8 Å². The van der Waals surface area contributed by atoms with Gasteiger partial charge in [0.25, 0.3) is 0 Å². The minimum Gasteiger partial charge on any atom is -0.459 e. The Kier molecular flexibility index (Phi) is 14.6. The molecule has 0 radical (unpaired) electrons. The first kappa shape index (κ1) is 40.1. The van der Waals surface area contributed by atoms with E-state index >= 15 is 0 Å². The maximum Gasteiger partial charge on any atom is 0.412 e. The molecule has 13 heteroatoms. The van der Waals surface area contributed by atoms with Crippen LogP contribution in [-0.4, -0.2) is 91.3 Å². The van der Waals surface area contributed by atoms with E-state index < -0.39 is 29.9 Å². The van der Waals surface area contributed by atoms with Crippen molar-refractivity contribution in [1.82, 2.24) is 10.2 Å². The number of carbonyl (C=O) groups is 2. The molecule has 6 atom stereocenters. The van der Waals surface area contributed by atoms with Crippen LogP contribution in [-0.2, 0) is 20.9 Å². The lowest BCUT2D eigenvalue weighted by Gasteiger charge is -2.59. The Labute approximate surface area is 316 Å². The van der Waals surface area contributed by atoms with Gasteiger partial charge in [0.1, 0.15) is 31.3 Å². The number of fused-ring (bicyclic) bond motifs is 2. The Morgan fingerprint density at radius 1 is 1.11 bits per heavy atom. The molecule has 5 rings (SSSR count). The molecular formula is C40H52ClN3O9. The smallest absolute Gasteiger partial charge is 0.412 e.